The van der Waals surface area contributed by atoms with Crippen molar-refractivity contribution in [2.45, 2.75) is 12.5 Å². The summed E-state index contributed by atoms with van der Waals surface area (Å²) in [6.45, 7) is 0.502. The Morgan fingerprint density at radius 1 is 1.19 bits per heavy atom. The molecule has 4 heteroatoms. The lowest BCUT2D eigenvalue weighted by Gasteiger charge is -2.28. The molecular weight excluding hydrogens is 264 g/mol. The molecule has 2 aromatic rings. The van der Waals surface area contributed by atoms with Gasteiger partial charge in [0.1, 0.15) is 0 Å². The molecule has 0 aliphatic heterocycles. The van der Waals surface area contributed by atoms with E-state index < -0.39 is 0 Å². The quantitative estimate of drug-likeness (QED) is 0.818. The highest BCUT2D eigenvalue weighted by molar-refractivity contribution is 5.94. The second kappa shape index (κ2) is 7.55. The molecular formula is C17H20N2O2. The van der Waals surface area contributed by atoms with Crippen LogP contribution in [0.5, 0.6) is 0 Å². The van der Waals surface area contributed by atoms with Crippen LogP contribution in [0.4, 0.5) is 0 Å². The number of carbonyl (C=O) groups is 1. The van der Waals surface area contributed by atoms with Gasteiger partial charge in [0.25, 0.3) is 5.91 Å². The van der Waals surface area contributed by atoms with E-state index in [0.717, 1.165) is 6.42 Å². The van der Waals surface area contributed by atoms with Crippen molar-refractivity contribution in [1.82, 2.24) is 9.88 Å². The Kier molecular flexibility index (Phi) is 5.46. The van der Waals surface area contributed by atoms with Gasteiger partial charge >= 0.3 is 0 Å². The summed E-state index contributed by atoms with van der Waals surface area (Å²) in [4.78, 5) is 18.2. The highest BCUT2D eigenvalue weighted by Crippen LogP contribution is 2.11. The number of nitrogens with zero attached hydrogens (tertiary/aromatic N) is 2. The predicted octanol–water partition coefficient (Wildman–Crippen LogP) is 2.41. The summed E-state index contributed by atoms with van der Waals surface area (Å²) in [6, 6.07) is 13.6. The van der Waals surface area contributed by atoms with Crippen molar-refractivity contribution in [3.05, 3.63) is 66.0 Å². The van der Waals surface area contributed by atoms with Gasteiger partial charge in [-0.2, -0.15) is 0 Å². The van der Waals surface area contributed by atoms with Crippen molar-refractivity contribution in [3.8, 4) is 0 Å². The lowest BCUT2D eigenvalue weighted by Crippen LogP contribution is -2.41. The van der Waals surface area contributed by atoms with Gasteiger partial charge in [0.15, 0.2) is 0 Å². The summed E-state index contributed by atoms with van der Waals surface area (Å²) >= 11 is 0. The molecule has 1 atom stereocenters. The van der Waals surface area contributed by atoms with Gasteiger partial charge in [-0.1, -0.05) is 30.3 Å². The van der Waals surface area contributed by atoms with E-state index in [-0.39, 0.29) is 11.9 Å². The molecule has 0 aliphatic rings. The van der Waals surface area contributed by atoms with Crippen LogP contribution in [0.2, 0.25) is 0 Å². The first-order valence-corrected chi connectivity index (χ1v) is 6.92. The number of hydrogen-bond donors (Lipinski definition) is 0. The number of hydrogen-bond acceptors (Lipinski definition) is 3. The molecule has 21 heavy (non-hydrogen) atoms. The van der Waals surface area contributed by atoms with E-state index in [9.17, 15) is 4.79 Å². The van der Waals surface area contributed by atoms with Gasteiger partial charge in [-0.05, 0) is 24.1 Å². The molecule has 0 saturated carbocycles. The fourth-order valence-corrected chi connectivity index (χ4v) is 2.25. The van der Waals surface area contributed by atoms with E-state index in [1.54, 1.807) is 36.5 Å². The number of methoxy groups -OCH3 is 1. The Balaban J connectivity index is 2.12. The van der Waals surface area contributed by atoms with Gasteiger partial charge in [0.05, 0.1) is 12.6 Å². The first-order chi connectivity index (χ1) is 10.2. The Hall–Kier alpha value is -2.20. The Morgan fingerprint density at radius 3 is 2.48 bits per heavy atom. The van der Waals surface area contributed by atoms with Gasteiger partial charge in [-0.25, -0.2) is 0 Å². The molecule has 0 aliphatic carbocycles. The van der Waals surface area contributed by atoms with Crippen molar-refractivity contribution >= 4 is 5.91 Å². The summed E-state index contributed by atoms with van der Waals surface area (Å²) in [6.07, 6.45) is 4.02. The highest BCUT2D eigenvalue weighted by atomic mass is 16.5. The second-order valence-electron chi connectivity index (χ2n) is 4.95. The summed E-state index contributed by atoms with van der Waals surface area (Å²) in [5.41, 5.74) is 1.83. The zero-order valence-electron chi connectivity index (χ0n) is 12.4. The minimum atomic E-state index is -0.0182. The molecule has 4 nitrogen and oxygen atoms in total. The van der Waals surface area contributed by atoms with Crippen LogP contribution in [0.1, 0.15) is 15.9 Å². The molecule has 1 amide bonds. The second-order valence-corrected chi connectivity index (χ2v) is 4.95. The average Bonchev–Trinajstić information content (AvgIpc) is 2.55. The number of rotatable bonds is 6. The normalized spacial score (nSPS) is 11.9. The third-order valence-corrected chi connectivity index (χ3v) is 3.47. The van der Waals surface area contributed by atoms with E-state index in [1.807, 2.05) is 25.2 Å². The molecule has 0 bridgehead atoms. The maximum absolute atomic E-state index is 12.5. The van der Waals surface area contributed by atoms with Crippen LogP contribution in [0.15, 0.2) is 54.9 Å². The van der Waals surface area contributed by atoms with Crippen molar-refractivity contribution in [3.63, 3.8) is 0 Å². The fourth-order valence-electron chi connectivity index (χ4n) is 2.25. The summed E-state index contributed by atoms with van der Waals surface area (Å²) < 4.78 is 5.28. The van der Waals surface area contributed by atoms with Crippen molar-refractivity contribution < 1.29 is 9.53 Å². The van der Waals surface area contributed by atoms with Crippen molar-refractivity contribution in [2.24, 2.45) is 0 Å². The first-order valence-electron chi connectivity index (χ1n) is 6.92. The van der Waals surface area contributed by atoms with Gasteiger partial charge in [0, 0.05) is 32.1 Å². The van der Waals surface area contributed by atoms with Crippen molar-refractivity contribution in [2.75, 3.05) is 20.8 Å². The van der Waals surface area contributed by atoms with E-state index in [4.69, 9.17) is 4.74 Å². The lowest BCUT2D eigenvalue weighted by molar-refractivity contribution is 0.0604. The number of ether oxygens (including phenoxy) is 1. The van der Waals surface area contributed by atoms with Crippen LogP contribution in [0, 0.1) is 0 Å². The zero-order valence-corrected chi connectivity index (χ0v) is 12.4. The van der Waals surface area contributed by atoms with Crippen LogP contribution in [-0.4, -0.2) is 42.6 Å². The minimum Gasteiger partial charge on any atom is -0.383 e. The highest BCUT2D eigenvalue weighted by Gasteiger charge is 2.21. The number of likely N-dealkylation sites (N-methyl/N-ethyl adjacent to an activating group) is 1. The fraction of sp³-hybridized carbons (Fsp3) is 0.294. The first kappa shape index (κ1) is 15.2. The van der Waals surface area contributed by atoms with Crippen LogP contribution in [0.3, 0.4) is 0 Å². The standard InChI is InChI=1S/C17H20N2O2/c1-19(17(20)15-8-10-18-11-9-15)16(13-21-2)12-14-6-4-3-5-7-14/h3-11,16H,12-13H2,1-2H3/t16-/m0/s1. The van der Waals surface area contributed by atoms with Crippen LogP contribution in [0.25, 0.3) is 0 Å². The summed E-state index contributed by atoms with van der Waals surface area (Å²) in [7, 11) is 3.47. The SMILES string of the molecule is COC[C@H](Cc1ccccc1)N(C)C(=O)c1ccncc1. The Bertz CT molecular complexity index is 558. The molecule has 1 aromatic carbocycles. The third kappa shape index (κ3) is 4.13. The predicted molar refractivity (Wildman–Crippen MR) is 82.1 cm³/mol. The molecule has 0 spiro atoms. The summed E-state index contributed by atoms with van der Waals surface area (Å²) in [5.74, 6) is -0.0182. The van der Waals surface area contributed by atoms with Crippen molar-refractivity contribution in [1.29, 1.82) is 0 Å². The largest absolute Gasteiger partial charge is 0.383 e. The van der Waals surface area contributed by atoms with Gasteiger partial charge in [-0.3, -0.25) is 9.78 Å². The molecule has 1 aromatic heterocycles. The minimum absolute atomic E-state index is 0.00179. The molecule has 0 fully saturated rings. The molecule has 110 valence electrons. The van der Waals surface area contributed by atoms with Crippen LogP contribution in [-0.2, 0) is 11.2 Å². The monoisotopic (exact) mass is 284 g/mol. The molecule has 1 heterocycles. The van der Waals surface area contributed by atoms with Gasteiger partial charge in [0.2, 0.25) is 0 Å². The Labute approximate surface area is 125 Å². The number of carbonyl (C=O) groups excluding carboxylic acids is 1. The van der Waals surface area contributed by atoms with Gasteiger partial charge in [-0.15, -0.1) is 0 Å². The zero-order chi connectivity index (χ0) is 15.1. The van der Waals surface area contributed by atoms with E-state index in [1.165, 1.54) is 5.56 Å². The molecule has 2 rings (SSSR count). The molecule has 0 radical (unpaired) electrons. The van der Waals surface area contributed by atoms with Crippen LogP contribution >= 0.6 is 0 Å². The summed E-state index contributed by atoms with van der Waals surface area (Å²) in [5, 5.41) is 0. The van der Waals surface area contributed by atoms with E-state index in [2.05, 4.69) is 17.1 Å². The molecule has 0 saturated heterocycles. The average molecular weight is 284 g/mol. The molecule has 0 N–H and O–H groups in total. The maximum atomic E-state index is 12.5. The maximum Gasteiger partial charge on any atom is 0.254 e. The van der Waals surface area contributed by atoms with Crippen LogP contribution < -0.4 is 0 Å². The molecule has 0 unspecified atom stereocenters. The number of pyridine rings is 1. The van der Waals surface area contributed by atoms with Gasteiger partial charge < -0.3 is 9.64 Å². The number of amides is 1. The Morgan fingerprint density at radius 2 is 1.86 bits per heavy atom. The van der Waals surface area contributed by atoms with E-state index in [0.29, 0.717) is 12.2 Å². The smallest absolute Gasteiger partial charge is 0.254 e. The lowest BCUT2D eigenvalue weighted by atomic mass is 10.0. The topological polar surface area (TPSA) is 42.4 Å². The number of benzene rings is 1. The third-order valence-electron chi connectivity index (χ3n) is 3.47. The number of aromatic nitrogens is 1. The van der Waals surface area contributed by atoms with E-state index >= 15 is 0 Å².